The van der Waals surface area contributed by atoms with Crippen LogP contribution in [-0.2, 0) is 9.53 Å². The van der Waals surface area contributed by atoms with Gasteiger partial charge in [0.15, 0.2) is 0 Å². The molecule has 7 nitrogen and oxygen atoms in total. The monoisotopic (exact) mass is 521 g/mol. The number of allylic oxidation sites excluding steroid dienone is 12. The van der Waals surface area contributed by atoms with Gasteiger partial charge in [-0.1, -0.05) is 79.8 Å². The molecule has 206 valence electrons. The Labute approximate surface area is 227 Å². The van der Waals surface area contributed by atoms with Crippen molar-refractivity contribution in [1.29, 1.82) is 0 Å². The van der Waals surface area contributed by atoms with E-state index in [1.807, 2.05) is 12.2 Å². The van der Waals surface area contributed by atoms with E-state index < -0.39 is 11.9 Å². The van der Waals surface area contributed by atoms with Crippen molar-refractivity contribution in [3.8, 4) is 0 Å². The molecule has 1 saturated heterocycles. The van der Waals surface area contributed by atoms with Crippen LogP contribution in [0.4, 0.5) is 5.82 Å². The van der Waals surface area contributed by atoms with Crippen LogP contribution in [0.1, 0.15) is 77.4 Å². The lowest BCUT2D eigenvalue weighted by Gasteiger charge is -2.14. The summed E-state index contributed by atoms with van der Waals surface area (Å²) in [7, 11) is 0. The van der Waals surface area contributed by atoms with Crippen molar-refractivity contribution in [3.05, 3.63) is 95.7 Å². The van der Waals surface area contributed by atoms with Crippen molar-refractivity contribution >= 4 is 11.7 Å². The smallest absolute Gasteiger partial charge is 0.351 e. The van der Waals surface area contributed by atoms with Crippen LogP contribution in [0.3, 0.4) is 0 Å². The third kappa shape index (κ3) is 13.3. The Bertz CT molecular complexity index is 1050. The molecule has 1 aliphatic rings. The summed E-state index contributed by atoms with van der Waals surface area (Å²) in [4.78, 5) is 28.4. The third-order valence-electron chi connectivity index (χ3n) is 5.83. The molecule has 0 saturated carbocycles. The van der Waals surface area contributed by atoms with Crippen LogP contribution in [0.5, 0.6) is 0 Å². The Hall–Kier alpha value is -3.29. The number of aliphatic hydroxyl groups is 1. The largest absolute Gasteiger partial charge is 0.394 e. The Kier molecular flexibility index (Phi) is 16.1. The normalized spacial score (nSPS) is 18.5. The fraction of sp³-hybridized carbons (Fsp3) is 0.452. The van der Waals surface area contributed by atoms with Crippen molar-refractivity contribution in [3.63, 3.8) is 0 Å². The van der Waals surface area contributed by atoms with E-state index in [4.69, 9.17) is 4.74 Å². The predicted octanol–water partition coefficient (Wildman–Crippen LogP) is 6.33. The Morgan fingerprint density at radius 3 is 2.00 bits per heavy atom. The maximum absolute atomic E-state index is 12.3. The van der Waals surface area contributed by atoms with Gasteiger partial charge in [-0.15, -0.1) is 0 Å². The van der Waals surface area contributed by atoms with Crippen molar-refractivity contribution in [1.82, 2.24) is 9.55 Å². The minimum Gasteiger partial charge on any atom is -0.394 e. The number of ether oxygens (including phenoxy) is 1. The first-order chi connectivity index (χ1) is 18.6. The Morgan fingerprint density at radius 2 is 1.50 bits per heavy atom. The molecule has 38 heavy (non-hydrogen) atoms. The van der Waals surface area contributed by atoms with Crippen LogP contribution in [-0.4, -0.2) is 33.3 Å². The summed E-state index contributed by atoms with van der Waals surface area (Å²) in [5.41, 5.74) is -0.483. The lowest BCUT2D eigenvalue weighted by Crippen LogP contribution is -2.28. The maximum Gasteiger partial charge on any atom is 0.351 e. The first-order valence-corrected chi connectivity index (χ1v) is 13.7. The summed E-state index contributed by atoms with van der Waals surface area (Å²) in [6, 6.07) is 1.59. The second kappa shape index (κ2) is 19.8. The molecule has 1 unspecified atom stereocenters. The number of nitrogens with one attached hydrogen (secondary N) is 1. The van der Waals surface area contributed by atoms with E-state index in [9.17, 15) is 14.7 Å². The molecule has 0 aliphatic carbocycles. The molecule has 2 N–H and O–H groups in total. The van der Waals surface area contributed by atoms with E-state index in [1.54, 1.807) is 12.3 Å². The zero-order chi connectivity index (χ0) is 27.3. The summed E-state index contributed by atoms with van der Waals surface area (Å²) in [5.74, 6) is 0.0438. The van der Waals surface area contributed by atoms with Crippen LogP contribution >= 0.6 is 0 Å². The molecule has 0 spiro atoms. The van der Waals surface area contributed by atoms with Crippen LogP contribution in [0.15, 0.2) is 90.0 Å². The van der Waals surface area contributed by atoms with E-state index in [0.29, 0.717) is 25.7 Å². The number of aliphatic hydroxyl groups excluding tert-OH is 1. The van der Waals surface area contributed by atoms with Gasteiger partial charge < -0.3 is 15.2 Å². The minimum absolute atomic E-state index is 0.0659. The predicted molar refractivity (Wildman–Crippen MR) is 155 cm³/mol. The van der Waals surface area contributed by atoms with Crippen LogP contribution in [0, 0.1) is 0 Å². The van der Waals surface area contributed by atoms with Gasteiger partial charge in [0.1, 0.15) is 12.0 Å². The SMILES string of the molecule is CC/C=C\C/C=C\C/C=C\C/C=C\C/C=C\C/C=C\CCC(=O)Nc1ccn([C@H]2CCC(CO)O2)c(=O)n1. The van der Waals surface area contributed by atoms with Gasteiger partial charge in [0.05, 0.1) is 12.7 Å². The highest BCUT2D eigenvalue weighted by Crippen LogP contribution is 2.26. The molecule has 2 heterocycles. The van der Waals surface area contributed by atoms with Crippen molar-refractivity contribution in [2.24, 2.45) is 0 Å². The Morgan fingerprint density at radius 1 is 0.947 bits per heavy atom. The second-order valence-electron chi connectivity index (χ2n) is 8.98. The number of nitrogens with zero attached hydrogens (tertiary/aromatic N) is 2. The number of rotatable bonds is 17. The minimum atomic E-state index is -0.483. The fourth-order valence-corrected chi connectivity index (χ4v) is 3.79. The topological polar surface area (TPSA) is 93.5 Å². The van der Waals surface area contributed by atoms with Crippen LogP contribution in [0.2, 0.25) is 0 Å². The second-order valence-corrected chi connectivity index (χ2v) is 8.98. The molecule has 1 amide bonds. The number of anilines is 1. The molecule has 7 heteroatoms. The first kappa shape index (κ1) is 30.9. The average molecular weight is 522 g/mol. The quantitative estimate of drug-likeness (QED) is 0.234. The maximum atomic E-state index is 12.3. The molecule has 1 fully saturated rings. The van der Waals surface area contributed by atoms with Crippen molar-refractivity contribution < 1.29 is 14.6 Å². The molecular formula is C31H43N3O4. The molecule has 1 aliphatic heterocycles. The number of aromatic nitrogens is 2. The Balaban J connectivity index is 1.53. The molecule has 0 bridgehead atoms. The van der Waals surface area contributed by atoms with Crippen LogP contribution in [0.25, 0.3) is 0 Å². The number of amides is 1. The highest BCUT2D eigenvalue weighted by molar-refractivity contribution is 5.89. The summed E-state index contributed by atoms with van der Waals surface area (Å²) >= 11 is 0. The molecule has 2 atom stereocenters. The summed E-state index contributed by atoms with van der Waals surface area (Å²) < 4.78 is 7.00. The lowest BCUT2D eigenvalue weighted by atomic mass is 10.2. The molecule has 1 aromatic rings. The summed E-state index contributed by atoms with van der Waals surface area (Å²) in [6.45, 7) is 2.08. The van der Waals surface area contributed by atoms with Gasteiger partial charge >= 0.3 is 5.69 Å². The van der Waals surface area contributed by atoms with Crippen molar-refractivity contribution in [2.75, 3.05) is 11.9 Å². The van der Waals surface area contributed by atoms with Gasteiger partial charge in [-0.3, -0.25) is 9.36 Å². The highest BCUT2D eigenvalue weighted by Gasteiger charge is 2.26. The van der Waals surface area contributed by atoms with Gasteiger partial charge in [-0.05, 0) is 63.9 Å². The number of carbonyl (C=O) groups is 1. The average Bonchev–Trinajstić information content (AvgIpc) is 3.39. The zero-order valence-electron chi connectivity index (χ0n) is 22.6. The van der Waals surface area contributed by atoms with E-state index in [1.165, 1.54) is 4.57 Å². The molecule has 0 aromatic carbocycles. The highest BCUT2D eigenvalue weighted by atomic mass is 16.5. The van der Waals surface area contributed by atoms with Gasteiger partial charge in [0.25, 0.3) is 0 Å². The van der Waals surface area contributed by atoms with Gasteiger partial charge in [-0.2, -0.15) is 4.98 Å². The van der Waals surface area contributed by atoms with Gasteiger partial charge in [0.2, 0.25) is 5.91 Å². The molecule has 2 rings (SSSR count). The standard InChI is InChI=1S/C31H43N3O4/c1-2-3-4-5-6-7-8-9-10-11-12-13-14-15-16-17-18-19-20-21-29(36)32-28-24-25-34(31(37)33-28)30-23-22-27(26-35)38-30/h3-4,6-7,9-10,12-13,15-16,18-19,24-25,27,30,35H,2,5,8,11,14,17,20-23,26H2,1H3,(H,32,33,36,37)/b4-3-,7-6-,10-9-,13-12-,16-15-,19-18-/t27?,30-/m1/s1. The van der Waals surface area contributed by atoms with Gasteiger partial charge in [0, 0.05) is 12.6 Å². The molecule has 1 aromatic heterocycles. The summed E-state index contributed by atoms with van der Waals surface area (Å²) in [6.07, 6.45) is 34.7. The fourth-order valence-electron chi connectivity index (χ4n) is 3.79. The van der Waals surface area contributed by atoms with Crippen LogP contribution < -0.4 is 11.0 Å². The van der Waals surface area contributed by atoms with E-state index in [0.717, 1.165) is 38.5 Å². The third-order valence-corrected chi connectivity index (χ3v) is 5.83. The molecular weight excluding hydrogens is 478 g/mol. The number of hydrogen-bond donors (Lipinski definition) is 2. The van der Waals surface area contributed by atoms with E-state index in [-0.39, 0.29) is 24.4 Å². The van der Waals surface area contributed by atoms with Crippen molar-refractivity contribution in [2.45, 2.75) is 83.5 Å². The van der Waals surface area contributed by atoms with Gasteiger partial charge in [-0.25, -0.2) is 4.79 Å². The lowest BCUT2D eigenvalue weighted by molar-refractivity contribution is -0.116. The van der Waals surface area contributed by atoms with E-state index >= 15 is 0 Å². The first-order valence-electron chi connectivity index (χ1n) is 13.7. The number of carbonyl (C=O) groups excluding carboxylic acids is 1. The van der Waals surface area contributed by atoms with E-state index in [2.05, 4.69) is 78.0 Å². The summed E-state index contributed by atoms with van der Waals surface area (Å²) in [5, 5.41) is 11.8. The number of hydrogen-bond acceptors (Lipinski definition) is 5. The zero-order valence-corrected chi connectivity index (χ0v) is 22.6. The molecule has 0 radical (unpaired) electrons.